The Balaban J connectivity index is 1.51. The van der Waals surface area contributed by atoms with Crippen molar-refractivity contribution in [3.05, 3.63) is 93.8 Å². The van der Waals surface area contributed by atoms with Gasteiger partial charge in [-0.1, -0.05) is 18.2 Å². The number of carbonyl (C=O) groups is 2. The first kappa shape index (κ1) is 23.9. The van der Waals surface area contributed by atoms with Gasteiger partial charge in [-0.3, -0.25) is 4.79 Å². The number of hydrogen-bond acceptors (Lipinski definition) is 5. The van der Waals surface area contributed by atoms with Gasteiger partial charge in [0.25, 0.3) is 0 Å². The standard InChI is InChI=1S/C24H12F6O5/c1-10-6-12(34-16(31)9-33-24-21(29)19(27)18(26)20(28)22(24)30)8-14-17(10)23(32)15(35-14)7-11-4-2-3-5-13(11)25/h2-8H,9H2,1H3/b15-7-. The minimum absolute atomic E-state index is 0.000994. The van der Waals surface area contributed by atoms with Crippen LogP contribution in [0.15, 0.2) is 42.2 Å². The van der Waals surface area contributed by atoms with Crippen molar-refractivity contribution in [3.8, 4) is 17.2 Å². The number of fused-ring (bicyclic) bond motifs is 1. The second kappa shape index (κ2) is 9.16. The molecule has 3 aromatic carbocycles. The highest BCUT2D eigenvalue weighted by molar-refractivity contribution is 6.15. The molecule has 0 bridgehead atoms. The van der Waals surface area contributed by atoms with Crippen LogP contribution in [0, 0.1) is 41.8 Å². The largest absolute Gasteiger partial charge is 0.476 e. The SMILES string of the molecule is Cc1cc(OC(=O)COc2c(F)c(F)c(F)c(F)c2F)cc2c1C(=O)/C(=C/c1ccccc1F)O2. The van der Waals surface area contributed by atoms with Gasteiger partial charge in [-0.25, -0.2) is 22.4 Å². The van der Waals surface area contributed by atoms with E-state index in [-0.39, 0.29) is 28.4 Å². The van der Waals surface area contributed by atoms with Crippen LogP contribution in [0.5, 0.6) is 17.2 Å². The molecule has 0 unspecified atom stereocenters. The molecule has 0 spiro atoms. The van der Waals surface area contributed by atoms with E-state index in [0.29, 0.717) is 5.56 Å². The lowest BCUT2D eigenvalue weighted by molar-refractivity contribution is -0.136. The van der Waals surface area contributed by atoms with Crippen molar-refractivity contribution in [1.82, 2.24) is 0 Å². The predicted molar refractivity (Wildman–Crippen MR) is 108 cm³/mol. The first-order valence-corrected chi connectivity index (χ1v) is 9.76. The molecule has 0 fully saturated rings. The molecule has 0 N–H and O–H groups in total. The molecule has 0 aromatic heterocycles. The number of hydrogen-bond donors (Lipinski definition) is 0. The molecule has 0 atom stereocenters. The highest BCUT2D eigenvalue weighted by atomic mass is 19.2. The van der Waals surface area contributed by atoms with Gasteiger partial charge in [-0.2, -0.15) is 8.78 Å². The molecule has 3 aromatic rings. The predicted octanol–water partition coefficient (Wildman–Crippen LogP) is 5.43. The number of rotatable bonds is 5. The molecule has 1 heterocycles. The first-order valence-electron chi connectivity index (χ1n) is 9.76. The van der Waals surface area contributed by atoms with Gasteiger partial charge >= 0.3 is 5.97 Å². The van der Waals surface area contributed by atoms with E-state index in [0.717, 1.165) is 0 Å². The minimum atomic E-state index is -2.37. The van der Waals surface area contributed by atoms with Crippen LogP contribution in [0.2, 0.25) is 0 Å². The fourth-order valence-corrected chi connectivity index (χ4v) is 3.27. The van der Waals surface area contributed by atoms with Crippen molar-refractivity contribution in [1.29, 1.82) is 0 Å². The van der Waals surface area contributed by atoms with E-state index in [9.17, 15) is 35.9 Å². The van der Waals surface area contributed by atoms with Gasteiger partial charge in [-0.15, -0.1) is 0 Å². The molecule has 0 radical (unpaired) electrons. The molecule has 11 heteroatoms. The molecule has 35 heavy (non-hydrogen) atoms. The molecule has 0 saturated heterocycles. The van der Waals surface area contributed by atoms with Crippen molar-refractivity contribution in [2.45, 2.75) is 6.92 Å². The number of esters is 1. The molecule has 0 aliphatic carbocycles. The lowest BCUT2D eigenvalue weighted by Crippen LogP contribution is -2.19. The van der Waals surface area contributed by atoms with Crippen LogP contribution < -0.4 is 14.2 Å². The van der Waals surface area contributed by atoms with Gasteiger partial charge < -0.3 is 14.2 Å². The van der Waals surface area contributed by atoms with E-state index in [1.807, 2.05) is 0 Å². The average molecular weight is 494 g/mol. The summed E-state index contributed by atoms with van der Waals surface area (Å²) in [5, 5.41) is 0. The van der Waals surface area contributed by atoms with Crippen LogP contribution in [-0.4, -0.2) is 18.4 Å². The maximum absolute atomic E-state index is 13.9. The fraction of sp³-hybridized carbons (Fsp3) is 0.0833. The van der Waals surface area contributed by atoms with Crippen molar-refractivity contribution in [2.75, 3.05) is 6.61 Å². The number of carbonyl (C=O) groups excluding carboxylic acids is 2. The van der Waals surface area contributed by atoms with E-state index in [2.05, 4.69) is 4.74 Å². The van der Waals surface area contributed by atoms with Crippen LogP contribution >= 0.6 is 0 Å². The number of Topliss-reactive ketones (excluding diaryl/α,β-unsaturated/α-hetero) is 1. The molecule has 0 saturated carbocycles. The van der Waals surface area contributed by atoms with Crippen molar-refractivity contribution < 1.29 is 50.1 Å². The monoisotopic (exact) mass is 494 g/mol. The summed E-state index contributed by atoms with van der Waals surface area (Å²) in [5.41, 5.74) is 0.580. The van der Waals surface area contributed by atoms with Crippen LogP contribution in [0.1, 0.15) is 21.5 Å². The number of allylic oxidation sites excluding steroid dienone is 1. The van der Waals surface area contributed by atoms with Gasteiger partial charge in [0.15, 0.2) is 18.1 Å². The second-order valence-electron chi connectivity index (χ2n) is 7.24. The quantitative estimate of drug-likeness (QED) is 0.118. The minimum Gasteiger partial charge on any atom is -0.476 e. The summed E-state index contributed by atoms with van der Waals surface area (Å²) < 4.78 is 95.7. The van der Waals surface area contributed by atoms with Crippen LogP contribution in [-0.2, 0) is 4.79 Å². The summed E-state index contributed by atoms with van der Waals surface area (Å²) in [7, 11) is 0. The summed E-state index contributed by atoms with van der Waals surface area (Å²) in [6.07, 6.45) is 1.21. The Hall–Kier alpha value is -4.28. The zero-order valence-corrected chi connectivity index (χ0v) is 17.6. The highest BCUT2D eigenvalue weighted by Crippen LogP contribution is 2.38. The van der Waals surface area contributed by atoms with Gasteiger partial charge in [0.1, 0.15) is 17.3 Å². The highest BCUT2D eigenvalue weighted by Gasteiger charge is 2.31. The van der Waals surface area contributed by atoms with Crippen molar-refractivity contribution in [2.24, 2.45) is 0 Å². The van der Waals surface area contributed by atoms with E-state index in [1.165, 1.54) is 43.3 Å². The van der Waals surface area contributed by atoms with E-state index in [4.69, 9.17) is 9.47 Å². The van der Waals surface area contributed by atoms with Gasteiger partial charge in [0.2, 0.25) is 34.9 Å². The summed E-state index contributed by atoms with van der Waals surface area (Å²) in [4.78, 5) is 24.7. The van der Waals surface area contributed by atoms with E-state index < -0.39 is 59.0 Å². The average Bonchev–Trinajstić information content (AvgIpc) is 3.13. The van der Waals surface area contributed by atoms with Gasteiger partial charge in [0, 0.05) is 11.6 Å². The summed E-state index contributed by atoms with van der Waals surface area (Å²) in [6.45, 7) is 0.307. The Morgan fingerprint density at radius 3 is 2.23 bits per heavy atom. The third kappa shape index (κ3) is 4.44. The normalized spacial score (nSPS) is 13.6. The Kier molecular flexibility index (Phi) is 6.25. The van der Waals surface area contributed by atoms with Crippen LogP contribution in [0.3, 0.4) is 0 Å². The zero-order chi connectivity index (χ0) is 25.4. The molecule has 1 aliphatic heterocycles. The summed E-state index contributed by atoms with van der Waals surface area (Å²) in [6, 6.07) is 8.13. The third-order valence-corrected chi connectivity index (χ3v) is 4.87. The maximum Gasteiger partial charge on any atom is 0.349 e. The number of halogens is 6. The van der Waals surface area contributed by atoms with Crippen molar-refractivity contribution >= 4 is 17.8 Å². The van der Waals surface area contributed by atoms with E-state index >= 15 is 0 Å². The topological polar surface area (TPSA) is 61.8 Å². The smallest absolute Gasteiger partial charge is 0.349 e. The maximum atomic E-state index is 13.9. The molecule has 5 nitrogen and oxygen atoms in total. The number of ketones is 1. The molecular formula is C24H12F6O5. The Bertz CT molecular complexity index is 1390. The fourth-order valence-electron chi connectivity index (χ4n) is 3.27. The first-order chi connectivity index (χ1) is 16.6. The van der Waals surface area contributed by atoms with Crippen molar-refractivity contribution in [3.63, 3.8) is 0 Å². The number of benzene rings is 3. The lowest BCUT2D eigenvalue weighted by Gasteiger charge is -2.11. The van der Waals surface area contributed by atoms with Crippen LogP contribution in [0.4, 0.5) is 26.3 Å². The second-order valence-corrected chi connectivity index (χ2v) is 7.24. The third-order valence-electron chi connectivity index (χ3n) is 4.87. The molecule has 1 aliphatic rings. The Labute approximate surface area is 193 Å². The Morgan fingerprint density at radius 2 is 1.57 bits per heavy atom. The van der Waals surface area contributed by atoms with Gasteiger partial charge in [0.05, 0.1) is 5.56 Å². The van der Waals surface area contributed by atoms with E-state index in [1.54, 1.807) is 6.07 Å². The summed E-state index contributed by atoms with van der Waals surface area (Å²) in [5.74, 6) is -15.7. The molecule has 180 valence electrons. The molecular weight excluding hydrogens is 482 g/mol. The Morgan fingerprint density at radius 1 is 0.943 bits per heavy atom. The number of ether oxygens (including phenoxy) is 3. The zero-order valence-electron chi connectivity index (χ0n) is 17.6. The molecule has 4 rings (SSSR count). The lowest BCUT2D eigenvalue weighted by atomic mass is 10.0. The molecule has 0 amide bonds. The van der Waals surface area contributed by atoms with Crippen LogP contribution in [0.25, 0.3) is 6.08 Å². The summed E-state index contributed by atoms with van der Waals surface area (Å²) >= 11 is 0. The number of aryl methyl sites for hydroxylation is 1. The van der Waals surface area contributed by atoms with Gasteiger partial charge in [-0.05, 0) is 30.7 Å².